The maximum Gasteiger partial charge on any atom is 2.00 e. The maximum absolute atomic E-state index is 8.88. The first-order chi connectivity index (χ1) is 2.00. The molecule has 0 aromatic rings. The van der Waals surface area contributed by atoms with E-state index in [1.54, 1.807) is 0 Å². The second-order valence-electron chi connectivity index (χ2n) is 0.513. The van der Waals surface area contributed by atoms with Crippen LogP contribution in [-0.4, -0.2) is 107 Å². The summed E-state index contributed by atoms with van der Waals surface area (Å²) in [4.78, 5) is 21.6. The molecule has 7 nitrogen and oxygen atoms in total. The first-order valence-electron chi connectivity index (χ1n) is 0.783. The Morgan fingerprint density at radius 1 is 0.800 bits per heavy atom. The summed E-state index contributed by atoms with van der Waals surface area (Å²) in [6.45, 7) is 0. The molecule has 0 aliphatic carbocycles. The van der Waals surface area contributed by atoms with Crippen LogP contribution in [0.5, 0.6) is 0 Å². The Balaban J connectivity index is -0.00000000800. The number of hydrogen-bond donors (Lipinski definition) is 3. The average Bonchev–Trinajstić information content (AvgIpc) is 0.722. The fraction of sp³-hybridized carbons (Fsp3) is 0. The third kappa shape index (κ3) is 151. The molecular formula is H9Ca2O7P+4. The van der Waals surface area contributed by atoms with Gasteiger partial charge in [0.05, 0.1) is 0 Å². The molecule has 0 aromatic carbocycles. The quantitative estimate of drug-likeness (QED) is 0.284. The molecule has 0 bridgehead atoms. The van der Waals surface area contributed by atoms with Crippen LogP contribution in [0.25, 0.3) is 0 Å². The molecule has 0 aliphatic rings. The normalized spacial score (nSPS) is 5.90. The van der Waals surface area contributed by atoms with E-state index in [2.05, 4.69) is 0 Å². The standard InChI is InChI=1S/2Ca.H3O4P.3H2O/c;;1-5(2,3)4;;;/h;;(H3,1,2,3,4);3*1H2/q2*+2;;;;. The van der Waals surface area contributed by atoms with Gasteiger partial charge in [0.15, 0.2) is 0 Å². The summed E-state index contributed by atoms with van der Waals surface area (Å²) >= 11 is 0. The molecule has 0 atom stereocenters. The fourth-order valence-corrected chi connectivity index (χ4v) is 0. The van der Waals surface area contributed by atoms with E-state index in [0.717, 1.165) is 0 Å². The first-order valence-corrected chi connectivity index (χ1v) is 2.35. The zero-order valence-corrected chi connectivity index (χ0v) is 10.4. The van der Waals surface area contributed by atoms with Crippen molar-refractivity contribution < 1.29 is 35.7 Å². The van der Waals surface area contributed by atoms with E-state index in [-0.39, 0.29) is 91.9 Å². The largest absolute Gasteiger partial charge is 2.00 e. The van der Waals surface area contributed by atoms with Gasteiger partial charge in [-0.3, -0.25) is 0 Å². The van der Waals surface area contributed by atoms with Gasteiger partial charge in [0, 0.05) is 0 Å². The van der Waals surface area contributed by atoms with Crippen LogP contribution in [-0.2, 0) is 4.57 Å². The zero-order chi connectivity index (χ0) is 4.50. The van der Waals surface area contributed by atoms with Gasteiger partial charge >= 0.3 is 83.3 Å². The van der Waals surface area contributed by atoms with Crippen LogP contribution >= 0.6 is 7.82 Å². The van der Waals surface area contributed by atoms with Crippen molar-refractivity contribution in [2.75, 3.05) is 0 Å². The Hall–Kier alpha value is 2.51. The minimum Gasteiger partial charge on any atom is -0.412 e. The molecule has 10 heteroatoms. The van der Waals surface area contributed by atoms with Crippen LogP contribution in [0.1, 0.15) is 0 Å². The van der Waals surface area contributed by atoms with Crippen molar-refractivity contribution >= 4 is 83.3 Å². The molecule has 0 heterocycles. The smallest absolute Gasteiger partial charge is 0.412 e. The van der Waals surface area contributed by atoms with Crippen molar-refractivity contribution in [1.82, 2.24) is 0 Å². The minimum atomic E-state index is -4.64. The van der Waals surface area contributed by atoms with Gasteiger partial charge in [-0.25, -0.2) is 4.57 Å². The van der Waals surface area contributed by atoms with Gasteiger partial charge in [0.1, 0.15) is 0 Å². The van der Waals surface area contributed by atoms with Crippen LogP contribution in [0.3, 0.4) is 0 Å². The molecule has 0 aromatic heterocycles. The van der Waals surface area contributed by atoms with E-state index in [4.69, 9.17) is 19.2 Å². The second-order valence-corrected chi connectivity index (χ2v) is 1.54. The van der Waals surface area contributed by atoms with Crippen LogP contribution in [0.2, 0.25) is 0 Å². The molecular weight excluding hydrogens is 223 g/mol. The summed E-state index contributed by atoms with van der Waals surface area (Å²) in [6, 6.07) is 0. The van der Waals surface area contributed by atoms with Crippen molar-refractivity contribution in [2.24, 2.45) is 0 Å². The van der Waals surface area contributed by atoms with E-state index in [9.17, 15) is 0 Å². The third-order valence-corrected chi connectivity index (χ3v) is 0. The van der Waals surface area contributed by atoms with Crippen LogP contribution in [0.15, 0.2) is 0 Å². The Labute approximate surface area is 117 Å². The Morgan fingerprint density at radius 2 is 0.800 bits per heavy atom. The third-order valence-electron chi connectivity index (χ3n) is 0. The summed E-state index contributed by atoms with van der Waals surface area (Å²) in [5.74, 6) is 0. The van der Waals surface area contributed by atoms with Gasteiger partial charge in [-0.1, -0.05) is 0 Å². The average molecular weight is 232 g/mol. The molecule has 0 saturated heterocycles. The summed E-state index contributed by atoms with van der Waals surface area (Å²) in [7, 11) is -4.64. The van der Waals surface area contributed by atoms with Gasteiger partial charge in [0.2, 0.25) is 0 Å². The minimum absolute atomic E-state index is 0. The maximum atomic E-state index is 8.88. The SMILES string of the molecule is O.O.O.O=P(O)(O)O.[Ca+2].[Ca+2]. The Bertz CT molecular complexity index is 57.7. The Morgan fingerprint density at radius 3 is 0.800 bits per heavy atom. The van der Waals surface area contributed by atoms with Crippen molar-refractivity contribution in [3.8, 4) is 0 Å². The summed E-state index contributed by atoms with van der Waals surface area (Å²) < 4.78 is 8.88. The summed E-state index contributed by atoms with van der Waals surface area (Å²) in [5, 5.41) is 0. The number of hydrogen-bond acceptors (Lipinski definition) is 1. The monoisotopic (exact) mass is 232 g/mol. The van der Waals surface area contributed by atoms with Gasteiger partial charge in [0.25, 0.3) is 0 Å². The van der Waals surface area contributed by atoms with Crippen LogP contribution < -0.4 is 0 Å². The van der Waals surface area contributed by atoms with Crippen LogP contribution in [0.4, 0.5) is 0 Å². The zero-order valence-electron chi connectivity index (χ0n) is 5.11. The second kappa shape index (κ2) is 17.6. The predicted octanol–water partition coefficient (Wildman–Crippen LogP) is -4.16. The van der Waals surface area contributed by atoms with E-state index in [0.29, 0.717) is 0 Å². The van der Waals surface area contributed by atoms with Gasteiger partial charge < -0.3 is 31.1 Å². The molecule has 9 N–H and O–H groups in total. The molecule has 0 fully saturated rings. The topological polar surface area (TPSA) is 172 Å². The van der Waals surface area contributed by atoms with E-state index < -0.39 is 7.82 Å². The first kappa shape index (κ1) is 39.1. The van der Waals surface area contributed by atoms with Gasteiger partial charge in [-0.15, -0.1) is 0 Å². The predicted molar refractivity (Wildman–Crippen MR) is 36.6 cm³/mol. The molecule has 0 spiro atoms. The van der Waals surface area contributed by atoms with E-state index >= 15 is 0 Å². The van der Waals surface area contributed by atoms with Gasteiger partial charge in [-0.05, 0) is 0 Å². The molecule has 0 radical (unpaired) electrons. The van der Waals surface area contributed by atoms with E-state index in [1.807, 2.05) is 0 Å². The summed E-state index contributed by atoms with van der Waals surface area (Å²) in [5.41, 5.74) is 0. The molecule has 10 heavy (non-hydrogen) atoms. The number of rotatable bonds is 0. The van der Waals surface area contributed by atoms with Crippen molar-refractivity contribution in [1.29, 1.82) is 0 Å². The van der Waals surface area contributed by atoms with Crippen molar-refractivity contribution in [3.05, 3.63) is 0 Å². The fourth-order valence-electron chi connectivity index (χ4n) is 0. The van der Waals surface area contributed by atoms with Crippen molar-refractivity contribution in [2.45, 2.75) is 0 Å². The van der Waals surface area contributed by atoms with Gasteiger partial charge in [-0.2, -0.15) is 0 Å². The van der Waals surface area contributed by atoms with Crippen molar-refractivity contribution in [3.63, 3.8) is 0 Å². The molecule has 0 rings (SSSR count). The molecule has 56 valence electrons. The molecule has 0 saturated carbocycles. The van der Waals surface area contributed by atoms with Crippen LogP contribution in [0, 0.1) is 0 Å². The Kier molecular flexibility index (Phi) is 68.7. The summed E-state index contributed by atoms with van der Waals surface area (Å²) in [6.07, 6.45) is 0. The molecule has 0 amide bonds. The van der Waals surface area contributed by atoms with E-state index in [1.165, 1.54) is 0 Å². The number of phosphoric acid groups is 1. The molecule has 0 unspecified atom stereocenters. The molecule has 0 aliphatic heterocycles.